The van der Waals surface area contributed by atoms with Crippen LogP contribution >= 0.6 is 0 Å². The van der Waals surface area contributed by atoms with E-state index in [2.05, 4.69) is 10.2 Å². The number of aliphatic carboxylic acids is 1. The number of carbonyl (C=O) groups is 2. The van der Waals surface area contributed by atoms with Crippen molar-refractivity contribution in [1.82, 2.24) is 19.7 Å². The number of aromatic nitrogens is 3. The first-order valence-electron chi connectivity index (χ1n) is 8.44. The molecule has 124 valence electrons. The topological polar surface area (TPSA) is 88.3 Å². The minimum Gasteiger partial charge on any atom is -0.480 e. The van der Waals surface area contributed by atoms with Crippen molar-refractivity contribution in [2.45, 2.75) is 58.2 Å². The molecule has 7 heteroatoms. The first-order chi connectivity index (χ1) is 11.0. The Balaban J connectivity index is 1.51. The van der Waals surface area contributed by atoms with Crippen molar-refractivity contribution in [3.63, 3.8) is 0 Å². The van der Waals surface area contributed by atoms with Crippen LogP contribution in [0.5, 0.6) is 0 Å². The maximum Gasteiger partial charge on any atom is 0.328 e. The van der Waals surface area contributed by atoms with Crippen LogP contribution in [0, 0.1) is 24.7 Å². The summed E-state index contributed by atoms with van der Waals surface area (Å²) in [6, 6.07) is -0.816. The summed E-state index contributed by atoms with van der Waals surface area (Å²) in [6.45, 7) is 2.30. The second-order valence-corrected chi connectivity index (χ2v) is 7.29. The van der Waals surface area contributed by atoms with Crippen molar-refractivity contribution in [3.05, 3.63) is 11.6 Å². The first-order valence-corrected chi connectivity index (χ1v) is 8.44. The average Bonchev–Trinajstić information content (AvgIpc) is 3.22. The molecule has 2 bridgehead atoms. The van der Waals surface area contributed by atoms with Crippen molar-refractivity contribution in [1.29, 1.82) is 0 Å². The first kappa shape index (κ1) is 14.7. The Hall–Kier alpha value is -1.92. The van der Waals surface area contributed by atoms with Gasteiger partial charge in [0.1, 0.15) is 11.9 Å². The summed E-state index contributed by atoms with van der Waals surface area (Å²) in [5.74, 6) is 2.29. The summed E-state index contributed by atoms with van der Waals surface area (Å²) in [4.78, 5) is 25.9. The molecule has 7 nitrogen and oxygen atoms in total. The second-order valence-electron chi connectivity index (χ2n) is 7.29. The molecule has 4 rings (SSSR count). The van der Waals surface area contributed by atoms with Crippen LogP contribution in [0.2, 0.25) is 0 Å². The number of hydrogen-bond donors (Lipinski definition) is 1. The average molecular weight is 318 g/mol. The number of nitrogens with zero attached hydrogens (tertiary/aromatic N) is 4. The summed E-state index contributed by atoms with van der Waals surface area (Å²) in [5.41, 5.74) is 0. The Labute approximate surface area is 134 Å². The van der Waals surface area contributed by atoms with Gasteiger partial charge >= 0.3 is 5.97 Å². The molecule has 2 aliphatic carbocycles. The predicted molar refractivity (Wildman–Crippen MR) is 80.3 cm³/mol. The van der Waals surface area contributed by atoms with E-state index in [4.69, 9.17) is 0 Å². The van der Waals surface area contributed by atoms with E-state index in [1.165, 1.54) is 24.2 Å². The van der Waals surface area contributed by atoms with Crippen molar-refractivity contribution >= 4 is 11.9 Å². The van der Waals surface area contributed by atoms with E-state index < -0.39 is 12.0 Å². The number of aryl methyl sites for hydroxylation is 1. The fourth-order valence-corrected chi connectivity index (χ4v) is 4.75. The molecule has 0 spiro atoms. The highest BCUT2D eigenvalue weighted by Gasteiger charge is 2.42. The predicted octanol–water partition coefficient (Wildman–Crippen LogP) is 1.21. The van der Waals surface area contributed by atoms with Crippen LogP contribution in [0.15, 0.2) is 0 Å². The number of carboxylic acids is 1. The molecule has 2 fully saturated rings. The van der Waals surface area contributed by atoms with E-state index in [1.54, 1.807) is 4.57 Å². The molecular weight excluding hydrogens is 296 g/mol. The van der Waals surface area contributed by atoms with Gasteiger partial charge in [-0.25, -0.2) is 4.79 Å². The van der Waals surface area contributed by atoms with E-state index >= 15 is 0 Å². The second kappa shape index (κ2) is 5.32. The van der Waals surface area contributed by atoms with Gasteiger partial charge < -0.3 is 14.6 Å². The lowest BCUT2D eigenvalue weighted by atomic mass is 9.86. The number of hydrogen-bond acceptors (Lipinski definition) is 4. The Morgan fingerprint density at radius 3 is 2.74 bits per heavy atom. The summed E-state index contributed by atoms with van der Waals surface area (Å²) in [6.07, 6.45) is 5.42. The van der Waals surface area contributed by atoms with Crippen LogP contribution in [0.1, 0.15) is 43.8 Å². The largest absolute Gasteiger partial charge is 0.480 e. The van der Waals surface area contributed by atoms with Crippen LogP contribution in [0.25, 0.3) is 0 Å². The zero-order chi connectivity index (χ0) is 16.1. The summed E-state index contributed by atoms with van der Waals surface area (Å²) in [7, 11) is 0. The number of rotatable bonds is 3. The Kier molecular flexibility index (Phi) is 3.39. The van der Waals surface area contributed by atoms with Gasteiger partial charge in [0.15, 0.2) is 5.82 Å². The van der Waals surface area contributed by atoms with Crippen molar-refractivity contribution in [2.75, 3.05) is 0 Å². The SMILES string of the molecule is Cc1nnc2n1CC(C(=O)O)N(C(=O)CC1CC3CCC1C3)C2. The van der Waals surface area contributed by atoms with Gasteiger partial charge in [-0.2, -0.15) is 0 Å². The molecule has 1 aromatic rings. The monoisotopic (exact) mass is 318 g/mol. The van der Waals surface area contributed by atoms with Crippen molar-refractivity contribution < 1.29 is 14.7 Å². The normalized spacial score (nSPS) is 32.1. The van der Waals surface area contributed by atoms with E-state index in [-0.39, 0.29) is 19.0 Å². The van der Waals surface area contributed by atoms with Crippen LogP contribution in [-0.4, -0.2) is 42.7 Å². The van der Waals surface area contributed by atoms with Crippen LogP contribution in [-0.2, 0) is 22.7 Å². The molecule has 1 aromatic heterocycles. The van der Waals surface area contributed by atoms with E-state index in [1.807, 2.05) is 6.92 Å². The molecule has 0 radical (unpaired) electrons. The van der Waals surface area contributed by atoms with E-state index in [0.717, 1.165) is 12.3 Å². The molecule has 2 saturated carbocycles. The smallest absolute Gasteiger partial charge is 0.328 e. The van der Waals surface area contributed by atoms with Crippen LogP contribution in [0.4, 0.5) is 0 Å². The third kappa shape index (κ3) is 2.42. The standard InChI is InChI=1S/C16H22N4O3/c1-9-17-18-14-8-20(13(16(22)23)7-19(9)14)15(21)6-12-5-10-2-3-11(12)4-10/h10-13H,2-8H2,1H3,(H,22,23). The Morgan fingerprint density at radius 2 is 2.09 bits per heavy atom. The summed E-state index contributed by atoms with van der Waals surface area (Å²) < 4.78 is 1.81. The molecule has 2 heterocycles. The number of fused-ring (bicyclic) bond motifs is 3. The molecule has 4 unspecified atom stereocenters. The van der Waals surface area contributed by atoms with Gasteiger partial charge in [0.25, 0.3) is 0 Å². The molecule has 0 aromatic carbocycles. The maximum absolute atomic E-state index is 12.8. The zero-order valence-electron chi connectivity index (χ0n) is 13.3. The van der Waals surface area contributed by atoms with Gasteiger partial charge in [0.05, 0.1) is 13.1 Å². The molecular formula is C16H22N4O3. The quantitative estimate of drug-likeness (QED) is 0.905. The van der Waals surface area contributed by atoms with Gasteiger partial charge in [-0.05, 0) is 43.9 Å². The van der Waals surface area contributed by atoms with Gasteiger partial charge in [0, 0.05) is 6.42 Å². The highest BCUT2D eigenvalue weighted by molar-refractivity contribution is 5.84. The lowest BCUT2D eigenvalue weighted by molar-refractivity contribution is -0.153. The third-order valence-corrected chi connectivity index (χ3v) is 5.98. The maximum atomic E-state index is 12.8. The lowest BCUT2D eigenvalue weighted by Crippen LogP contribution is -2.51. The highest BCUT2D eigenvalue weighted by Crippen LogP contribution is 2.49. The Morgan fingerprint density at radius 1 is 1.26 bits per heavy atom. The Bertz CT molecular complexity index is 656. The molecule has 23 heavy (non-hydrogen) atoms. The fraction of sp³-hybridized carbons (Fsp3) is 0.750. The molecule has 1 aliphatic heterocycles. The zero-order valence-corrected chi connectivity index (χ0v) is 13.3. The highest BCUT2D eigenvalue weighted by atomic mass is 16.4. The van der Waals surface area contributed by atoms with Gasteiger partial charge in [-0.1, -0.05) is 6.42 Å². The number of amides is 1. The minimum absolute atomic E-state index is 0.0400. The fourth-order valence-electron chi connectivity index (χ4n) is 4.75. The molecule has 0 saturated heterocycles. The minimum atomic E-state index is -0.954. The molecule has 1 N–H and O–H groups in total. The van der Waals surface area contributed by atoms with Crippen molar-refractivity contribution in [3.8, 4) is 0 Å². The molecule has 3 aliphatic rings. The van der Waals surface area contributed by atoms with E-state index in [0.29, 0.717) is 29.9 Å². The van der Waals surface area contributed by atoms with Gasteiger partial charge in [0.2, 0.25) is 5.91 Å². The van der Waals surface area contributed by atoms with Crippen LogP contribution in [0.3, 0.4) is 0 Å². The summed E-state index contributed by atoms with van der Waals surface area (Å²) >= 11 is 0. The summed E-state index contributed by atoms with van der Waals surface area (Å²) in [5, 5.41) is 17.6. The van der Waals surface area contributed by atoms with Gasteiger partial charge in [-0.15, -0.1) is 10.2 Å². The third-order valence-electron chi connectivity index (χ3n) is 5.98. The number of carbonyl (C=O) groups excluding carboxylic acids is 1. The van der Waals surface area contributed by atoms with Crippen LogP contribution < -0.4 is 0 Å². The lowest BCUT2D eigenvalue weighted by Gasteiger charge is -2.34. The molecule has 1 amide bonds. The van der Waals surface area contributed by atoms with Crippen molar-refractivity contribution in [2.24, 2.45) is 17.8 Å². The number of carboxylic acid groups (broad SMARTS) is 1. The van der Waals surface area contributed by atoms with E-state index in [9.17, 15) is 14.7 Å². The van der Waals surface area contributed by atoms with Gasteiger partial charge in [-0.3, -0.25) is 4.79 Å². The molecule has 4 atom stereocenters.